The summed E-state index contributed by atoms with van der Waals surface area (Å²) in [5, 5.41) is 6.85. The van der Waals surface area contributed by atoms with Gasteiger partial charge in [0.25, 0.3) is 0 Å². The zero-order valence-electron chi connectivity index (χ0n) is 15.2. The van der Waals surface area contributed by atoms with E-state index in [1.54, 1.807) is 14.2 Å². The predicted molar refractivity (Wildman–Crippen MR) is 124 cm³/mol. The van der Waals surface area contributed by atoms with Crippen LogP contribution < -0.4 is 41.8 Å². The molecule has 0 bridgehead atoms. The molecule has 28 heavy (non-hydrogen) atoms. The molecule has 0 heterocycles. The number of thiocarbonyl (C=S) groups is 3. The molecule has 8 nitrogen and oxygen atoms in total. The Labute approximate surface area is 179 Å². The average Bonchev–Trinajstić information content (AvgIpc) is 2.71. The molecule has 0 spiro atoms. The Hall–Kier alpha value is -2.89. The van der Waals surface area contributed by atoms with E-state index in [0.717, 1.165) is 11.4 Å². The number of ether oxygens (including phenoxy) is 2. The van der Waals surface area contributed by atoms with Crippen LogP contribution in [-0.2, 0) is 0 Å². The largest absolute Gasteiger partial charge is 0.495 e. The van der Waals surface area contributed by atoms with Gasteiger partial charge in [-0.1, -0.05) is 24.3 Å². The van der Waals surface area contributed by atoms with Gasteiger partial charge in [0.15, 0.2) is 10.2 Å². The van der Waals surface area contributed by atoms with Gasteiger partial charge in [0.1, 0.15) is 11.5 Å². The monoisotopic (exact) mass is 436 g/mol. The van der Waals surface area contributed by atoms with E-state index in [9.17, 15) is 0 Å². The maximum absolute atomic E-state index is 5.25. The molecule has 0 unspecified atom stereocenters. The van der Waals surface area contributed by atoms with Crippen molar-refractivity contribution >= 4 is 63.4 Å². The van der Waals surface area contributed by atoms with Crippen molar-refractivity contribution in [1.29, 1.82) is 0 Å². The molecule has 0 atom stereocenters. The van der Waals surface area contributed by atoms with Crippen LogP contribution in [0.25, 0.3) is 0 Å². The molecule has 2 aromatic carbocycles. The molecule has 6 N–H and O–H groups in total. The maximum atomic E-state index is 5.25. The number of hydrogen-bond donors (Lipinski definition) is 6. The predicted octanol–water partition coefficient (Wildman–Crippen LogP) is 2.27. The molecule has 0 saturated heterocycles. The molecule has 0 saturated carbocycles. The van der Waals surface area contributed by atoms with Crippen LogP contribution in [0.2, 0.25) is 0 Å². The lowest BCUT2D eigenvalue weighted by atomic mass is 10.3. The molecular formula is C17H20N6O2S3. The Morgan fingerprint density at radius 3 is 1.36 bits per heavy atom. The van der Waals surface area contributed by atoms with Crippen molar-refractivity contribution in [2.24, 2.45) is 0 Å². The molecule has 0 aliphatic rings. The van der Waals surface area contributed by atoms with Crippen molar-refractivity contribution in [2.75, 3.05) is 24.9 Å². The first-order valence-electron chi connectivity index (χ1n) is 7.99. The second kappa shape index (κ2) is 11.1. The van der Waals surface area contributed by atoms with Gasteiger partial charge in [0, 0.05) is 0 Å². The number of benzene rings is 2. The van der Waals surface area contributed by atoms with Crippen LogP contribution in [0.3, 0.4) is 0 Å². The summed E-state index contributed by atoms with van der Waals surface area (Å²) in [5.41, 5.74) is 12.4. The number of methoxy groups -OCH3 is 2. The lowest BCUT2D eigenvalue weighted by Gasteiger charge is -2.17. The number of hydrazine groups is 2. The van der Waals surface area contributed by atoms with E-state index in [2.05, 4.69) is 32.3 Å². The SMILES string of the molecule is COc1ccccc1NC(=S)NNC(=S)NNC(=S)Nc1ccccc1OC. The van der Waals surface area contributed by atoms with Gasteiger partial charge in [0.2, 0.25) is 5.11 Å². The third-order valence-electron chi connectivity index (χ3n) is 3.29. The first-order valence-corrected chi connectivity index (χ1v) is 9.22. The van der Waals surface area contributed by atoms with Gasteiger partial charge < -0.3 is 20.1 Å². The topological polar surface area (TPSA) is 90.6 Å². The third kappa shape index (κ3) is 6.68. The van der Waals surface area contributed by atoms with E-state index in [-0.39, 0.29) is 5.11 Å². The highest BCUT2D eigenvalue weighted by Crippen LogP contribution is 2.23. The van der Waals surface area contributed by atoms with Crippen LogP contribution >= 0.6 is 36.7 Å². The number of anilines is 2. The molecule has 0 aliphatic heterocycles. The van der Waals surface area contributed by atoms with Crippen LogP contribution in [0.1, 0.15) is 0 Å². The number of nitrogens with one attached hydrogen (secondary N) is 6. The number of para-hydroxylation sites is 4. The normalized spacial score (nSPS) is 9.50. The maximum Gasteiger partial charge on any atom is 0.204 e. The lowest BCUT2D eigenvalue weighted by Crippen LogP contribution is -2.53. The molecule has 0 fully saturated rings. The molecular weight excluding hydrogens is 416 g/mol. The summed E-state index contributed by atoms with van der Waals surface area (Å²) in [5.74, 6) is 1.34. The van der Waals surface area contributed by atoms with E-state index >= 15 is 0 Å². The summed E-state index contributed by atoms with van der Waals surface area (Å²) in [6.07, 6.45) is 0. The minimum Gasteiger partial charge on any atom is -0.495 e. The van der Waals surface area contributed by atoms with Gasteiger partial charge in [-0.3, -0.25) is 21.7 Å². The summed E-state index contributed by atoms with van der Waals surface area (Å²) in [6, 6.07) is 14.8. The van der Waals surface area contributed by atoms with Crippen LogP contribution in [0.15, 0.2) is 48.5 Å². The third-order valence-corrected chi connectivity index (χ3v) is 3.90. The minimum absolute atomic E-state index is 0.230. The van der Waals surface area contributed by atoms with Crippen molar-refractivity contribution in [3.05, 3.63) is 48.5 Å². The first-order chi connectivity index (χ1) is 13.5. The molecule has 2 rings (SSSR count). The van der Waals surface area contributed by atoms with Crippen LogP contribution in [0.5, 0.6) is 11.5 Å². The quantitative estimate of drug-likeness (QED) is 0.315. The molecule has 0 amide bonds. The average molecular weight is 437 g/mol. The second-order valence-corrected chi connectivity index (χ2v) is 6.36. The van der Waals surface area contributed by atoms with E-state index in [1.165, 1.54) is 0 Å². The first kappa shape index (κ1) is 21.4. The fourth-order valence-corrected chi connectivity index (χ4v) is 2.49. The van der Waals surface area contributed by atoms with Crippen molar-refractivity contribution in [3.8, 4) is 11.5 Å². The van der Waals surface area contributed by atoms with Gasteiger partial charge in [-0.25, -0.2) is 0 Å². The van der Waals surface area contributed by atoms with Gasteiger partial charge in [-0.05, 0) is 60.9 Å². The van der Waals surface area contributed by atoms with Gasteiger partial charge >= 0.3 is 0 Å². The number of hydrogen-bond acceptors (Lipinski definition) is 5. The fourth-order valence-electron chi connectivity index (χ4n) is 2.06. The van der Waals surface area contributed by atoms with Crippen LogP contribution in [0, 0.1) is 0 Å². The molecule has 0 aromatic heterocycles. The number of rotatable bonds is 4. The van der Waals surface area contributed by atoms with Gasteiger partial charge in [0.05, 0.1) is 25.6 Å². The molecule has 11 heteroatoms. The Morgan fingerprint density at radius 1 is 0.607 bits per heavy atom. The summed E-state index contributed by atoms with van der Waals surface area (Å²) in [7, 11) is 3.17. The van der Waals surface area contributed by atoms with Crippen LogP contribution in [0.4, 0.5) is 11.4 Å². The summed E-state index contributed by atoms with van der Waals surface area (Å²) in [4.78, 5) is 0. The Bertz CT molecular complexity index is 782. The van der Waals surface area contributed by atoms with Crippen molar-refractivity contribution in [3.63, 3.8) is 0 Å². The Kier molecular flexibility index (Phi) is 8.46. The highest BCUT2D eigenvalue weighted by molar-refractivity contribution is 7.81. The molecule has 148 valence electrons. The van der Waals surface area contributed by atoms with E-state index in [1.807, 2.05) is 48.5 Å². The summed E-state index contributed by atoms with van der Waals surface area (Å²) in [6.45, 7) is 0. The zero-order valence-corrected chi connectivity index (χ0v) is 17.6. The van der Waals surface area contributed by atoms with Crippen LogP contribution in [-0.4, -0.2) is 29.6 Å². The van der Waals surface area contributed by atoms with E-state index in [0.29, 0.717) is 21.7 Å². The van der Waals surface area contributed by atoms with E-state index in [4.69, 9.17) is 46.1 Å². The zero-order chi connectivity index (χ0) is 20.4. The Balaban J connectivity index is 1.73. The summed E-state index contributed by atoms with van der Waals surface area (Å²) < 4.78 is 10.5. The fraction of sp³-hybridized carbons (Fsp3) is 0.118. The Morgan fingerprint density at radius 2 is 0.964 bits per heavy atom. The molecule has 0 radical (unpaired) electrons. The second-order valence-electron chi connectivity index (χ2n) is 5.14. The minimum atomic E-state index is 0.230. The van der Waals surface area contributed by atoms with Crippen molar-refractivity contribution < 1.29 is 9.47 Å². The standard InChI is InChI=1S/C17H20N6O2S3/c1-24-13-9-5-3-7-11(13)18-15(26)20-22-17(28)23-21-16(27)19-12-8-4-6-10-14(12)25-2/h3-10H,1-2H3,(H2,18,20,26)(H2,19,21,27)(H2,22,23,28). The van der Waals surface area contributed by atoms with Gasteiger partial charge in [-0.15, -0.1) is 0 Å². The lowest BCUT2D eigenvalue weighted by molar-refractivity contribution is 0.417. The van der Waals surface area contributed by atoms with Crippen molar-refractivity contribution in [1.82, 2.24) is 21.7 Å². The van der Waals surface area contributed by atoms with Gasteiger partial charge in [-0.2, -0.15) is 0 Å². The smallest absolute Gasteiger partial charge is 0.204 e. The highest BCUT2D eigenvalue weighted by Gasteiger charge is 2.05. The van der Waals surface area contributed by atoms with E-state index < -0.39 is 0 Å². The summed E-state index contributed by atoms with van der Waals surface area (Å²) >= 11 is 15.6. The molecule has 2 aromatic rings. The van der Waals surface area contributed by atoms with Crippen molar-refractivity contribution in [2.45, 2.75) is 0 Å². The molecule has 0 aliphatic carbocycles. The highest BCUT2D eigenvalue weighted by atomic mass is 32.1.